The van der Waals surface area contributed by atoms with Gasteiger partial charge in [-0.25, -0.2) is 4.79 Å². The van der Waals surface area contributed by atoms with E-state index in [9.17, 15) is 15.0 Å². The summed E-state index contributed by atoms with van der Waals surface area (Å²) in [6.45, 7) is 1.33. The molecule has 1 aromatic heterocycles. The molecule has 8 heteroatoms. The maximum atomic E-state index is 12.1. The summed E-state index contributed by atoms with van der Waals surface area (Å²) in [5.74, 6) is 0.612. The fourth-order valence-corrected chi connectivity index (χ4v) is 2.83. The molecule has 21 heavy (non-hydrogen) atoms. The second-order valence-electron chi connectivity index (χ2n) is 5.40. The molecule has 0 saturated carbocycles. The van der Waals surface area contributed by atoms with Gasteiger partial charge in [0.1, 0.15) is 24.1 Å². The monoisotopic (exact) mass is 297 g/mol. The minimum atomic E-state index is -1.28. The van der Waals surface area contributed by atoms with Gasteiger partial charge in [0, 0.05) is 19.3 Å². The second kappa shape index (κ2) is 5.72. The van der Waals surface area contributed by atoms with Gasteiger partial charge in [-0.2, -0.15) is 4.98 Å². The normalized spacial score (nSPS) is 32.8. The van der Waals surface area contributed by atoms with Gasteiger partial charge in [-0.05, 0) is 18.9 Å². The SMILES string of the molecule is O=c1nc(N2CCCC2)ccn1[C@@H]1O[C@@H](CO)[C@@H](O)[C@@H]1O. The van der Waals surface area contributed by atoms with Gasteiger partial charge in [-0.1, -0.05) is 0 Å². The molecule has 2 aliphatic rings. The standard InChI is InChI=1S/C13H19N3O5/c17-7-8-10(18)11(19)12(21-8)16-6-3-9(14-13(16)20)15-4-1-2-5-15/h3,6,8,10-12,17-19H,1-2,4-5,7H2/t8-,10+,11-,12+/m0/s1. The van der Waals surface area contributed by atoms with Crippen LogP contribution in [0.3, 0.4) is 0 Å². The van der Waals surface area contributed by atoms with Crippen LogP contribution in [-0.4, -0.2) is 62.9 Å². The van der Waals surface area contributed by atoms with Gasteiger partial charge >= 0.3 is 5.69 Å². The Morgan fingerprint density at radius 3 is 2.57 bits per heavy atom. The lowest BCUT2D eigenvalue weighted by Gasteiger charge is -2.20. The van der Waals surface area contributed by atoms with Crippen molar-refractivity contribution in [2.24, 2.45) is 0 Å². The summed E-state index contributed by atoms with van der Waals surface area (Å²) >= 11 is 0. The Kier molecular flexibility index (Phi) is 3.94. The van der Waals surface area contributed by atoms with Gasteiger partial charge in [0.2, 0.25) is 0 Å². The van der Waals surface area contributed by atoms with Crippen molar-refractivity contribution in [1.29, 1.82) is 0 Å². The molecule has 0 spiro atoms. The van der Waals surface area contributed by atoms with Crippen LogP contribution in [-0.2, 0) is 4.74 Å². The summed E-state index contributed by atoms with van der Waals surface area (Å²) in [6.07, 6.45) is -0.785. The Hall–Kier alpha value is -1.48. The third-order valence-corrected chi connectivity index (χ3v) is 4.04. The molecule has 0 aromatic carbocycles. The predicted octanol–water partition coefficient (Wildman–Crippen LogP) is -1.54. The molecule has 0 aliphatic carbocycles. The van der Waals surface area contributed by atoms with E-state index in [2.05, 4.69) is 4.98 Å². The van der Waals surface area contributed by atoms with E-state index in [0.717, 1.165) is 30.5 Å². The van der Waals surface area contributed by atoms with E-state index in [4.69, 9.17) is 9.84 Å². The van der Waals surface area contributed by atoms with Gasteiger partial charge < -0.3 is 25.0 Å². The third kappa shape index (κ3) is 2.55. The number of hydrogen-bond acceptors (Lipinski definition) is 7. The Balaban J connectivity index is 1.84. The number of anilines is 1. The maximum Gasteiger partial charge on any atom is 0.351 e. The highest BCUT2D eigenvalue weighted by Gasteiger charge is 2.43. The van der Waals surface area contributed by atoms with E-state index < -0.39 is 36.8 Å². The van der Waals surface area contributed by atoms with Crippen molar-refractivity contribution in [2.75, 3.05) is 24.6 Å². The van der Waals surface area contributed by atoms with Gasteiger partial charge in [0.15, 0.2) is 6.23 Å². The quantitative estimate of drug-likeness (QED) is 0.620. The smallest absolute Gasteiger partial charge is 0.351 e. The average molecular weight is 297 g/mol. The average Bonchev–Trinajstić information content (AvgIpc) is 3.10. The number of aliphatic hydroxyl groups is 3. The predicted molar refractivity (Wildman–Crippen MR) is 73.0 cm³/mol. The zero-order valence-electron chi connectivity index (χ0n) is 11.5. The minimum Gasteiger partial charge on any atom is -0.394 e. The molecule has 116 valence electrons. The number of rotatable bonds is 3. The van der Waals surface area contributed by atoms with Crippen molar-refractivity contribution in [2.45, 2.75) is 37.4 Å². The maximum absolute atomic E-state index is 12.1. The molecule has 3 heterocycles. The van der Waals surface area contributed by atoms with Crippen molar-refractivity contribution >= 4 is 5.82 Å². The zero-order valence-corrected chi connectivity index (χ0v) is 11.5. The molecule has 0 amide bonds. The van der Waals surface area contributed by atoms with E-state index in [1.165, 1.54) is 6.20 Å². The molecule has 3 N–H and O–H groups in total. The summed E-state index contributed by atoms with van der Waals surface area (Å²) in [5, 5.41) is 28.7. The van der Waals surface area contributed by atoms with Gasteiger partial charge in [-0.3, -0.25) is 4.57 Å². The molecule has 3 rings (SSSR count). The molecule has 0 bridgehead atoms. The molecule has 0 unspecified atom stereocenters. The van der Waals surface area contributed by atoms with Crippen LogP contribution in [0, 0.1) is 0 Å². The first-order valence-corrected chi connectivity index (χ1v) is 7.08. The fourth-order valence-electron chi connectivity index (χ4n) is 2.83. The Morgan fingerprint density at radius 2 is 2.00 bits per heavy atom. The first kappa shape index (κ1) is 14.5. The highest BCUT2D eigenvalue weighted by Crippen LogP contribution is 2.28. The molecule has 8 nitrogen and oxygen atoms in total. The zero-order chi connectivity index (χ0) is 15.0. The lowest BCUT2D eigenvalue weighted by atomic mass is 10.1. The van der Waals surface area contributed by atoms with Gasteiger partial charge in [0.05, 0.1) is 6.61 Å². The number of nitrogens with zero attached hydrogens (tertiary/aromatic N) is 3. The summed E-state index contributed by atoms with van der Waals surface area (Å²) in [7, 11) is 0. The first-order valence-electron chi connectivity index (χ1n) is 7.08. The number of hydrogen-bond donors (Lipinski definition) is 3. The molecule has 2 saturated heterocycles. The lowest BCUT2D eigenvalue weighted by molar-refractivity contribution is -0.0549. The van der Waals surface area contributed by atoms with E-state index in [1.54, 1.807) is 6.07 Å². The van der Waals surface area contributed by atoms with Crippen molar-refractivity contribution in [1.82, 2.24) is 9.55 Å². The fraction of sp³-hybridized carbons (Fsp3) is 0.692. The van der Waals surface area contributed by atoms with Crippen LogP contribution in [0.2, 0.25) is 0 Å². The number of aliphatic hydroxyl groups excluding tert-OH is 3. The molecule has 0 radical (unpaired) electrons. The van der Waals surface area contributed by atoms with Crippen molar-refractivity contribution in [3.05, 3.63) is 22.7 Å². The summed E-state index contributed by atoms with van der Waals surface area (Å²) in [5.41, 5.74) is -0.547. The van der Waals surface area contributed by atoms with Gasteiger partial charge in [-0.15, -0.1) is 0 Å². The van der Waals surface area contributed by atoms with Crippen LogP contribution >= 0.6 is 0 Å². The van der Waals surface area contributed by atoms with Crippen LogP contribution in [0.25, 0.3) is 0 Å². The summed E-state index contributed by atoms with van der Waals surface area (Å²) in [4.78, 5) is 18.2. The van der Waals surface area contributed by atoms with Crippen LogP contribution in [0.15, 0.2) is 17.1 Å². The van der Waals surface area contributed by atoms with E-state index in [1.807, 2.05) is 4.90 Å². The molecule has 2 aliphatic heterocycles. The minimum absolute atomic E-state index is 0.428. The van der Waals surface area contributed by atoms with Gasteiger partial charge in [0.25, 0.3) is 0 Å². The van der Waals surface area contributed by atoms with E-state index >= 15 is 0 Å². The van der Waals surface area contributed by atoms with Crippen LogP contribution in [0.1, 0.15) is 19.1 Å². The lowest BCUT2D eigenvalue weighted by Crippen LogP contribution is -2.36. The largest absolute Gasteiger partial charge is 0.394 e. The first-order chi connectivity index (χ1) is 10.1. The number of ether oxygens (including phenoxy) is 1. The highest BCUT2D eigenvalue weighted by atomic mass is 16.6. The molecular weight excluding hydrogens is 278 g/mol. The third-order valence-electron chi connectivity index (χ3n) is 4.04. The highest BCUT2D eigenvalue weighted by molar-refractivity contribution is 5.37. The second-order valence-corrected chi connectivity index (χ2v) is 5.40. The topological polar surface area (TPSA) is 108 Å². The van der Waals surface area contributed by atoms with Crippen molar-refractivity contribution < 1.29 is 20.1 Å². The van der Waals surface area contributed by atoms with E-state index in [0.29, 0.717) is 5.82 Å². The molecular formula is C13H19N3O5. The van der Waals surface area contributed by atoms with Crippen LogP contribution in [0.4, 0.5) is 5.82 Å². The Bertz CT molecular complexity index is 557. The summed E-state index contributed by atoms with van der Waals surface area (Å²) < 4.78 is 6.47. The summed E-state index contributed by atoms with van der Waals surface area (Å²) in [6, 6.07) is 1.70. The Morgan fingerprint density at radius 1 is 1.29 bits per heavy atom. The van der Waals surface area contributed by atoms with Crippen molar-refractivity contribution in [3.8, 4) is 0 Å². The van der Waals surface area contributed by atoms with E-state index in [-0.39, 0.29) is 0 Å². The van der Waals surface area contributed by atoms with Crippen LogP contribution in [0.5, 0.6) is 0 Å². The molecule has 2 fully saturated rings. The van der Waals surface area contributed by atoms with Crippen molar-refractivity contribution in [3.63, 3.8) is 0 Å². The molecule has 4 atom stereocenters. The van der Waals surface area contributed by atoms with Crippen LogP contribution < -0.4 is 10.6 Å². The molecule has 1 aromatic rings. The Labute approximate surface area is 121 Å². The number of aromatic nitrogens is 2.